The van der Waals surface area contributed by atoms with Crippen LogP contribution in [0.5, 0.6) is 11.5 Å². The first-order chi connectivity index (χ1) is 15.4. The Balaban J connectivity index is 1.32. The lowest BCUT2D eigenvalue weighted by atomic mass is 10.1. The van der Waals surface area contributed by atoms with Crippen LogP contribution in [0, 0.1) is 18.6 Å². The van der Waals surface area contributed by atoms with Crippen molar-refractivity contribution in [1.29, 1.82) is 0 Å². The van der Waals surface area contributed by atoms with Crippen molar-refractivity contribution >= 4 is 28.8 Å². The van der Waals surface area contributed by atoms with Crippen molar-refractivity contribution in [3.05, 3.63) is 74.7 Å². The number of halogens is 3. The van der Waals surface area contributed by atoms with Gasteiger partial charge in [0.2, 0.25) is 0 Å². The van der Waals surface area contributed by atoms with E-state index in [0.29, 0.717) is 52.3 Å². The van der Waals surface area contributed by atoms with Crippen molar-refractivity contribution in [3.63, 3.8) is 0 Å². The second-order valence-electron chi connectivity index (χ2n) is 7.45. The predicted octanol–water partition coefficient (Wildman–Crippen LogP) is 5.65. The van der Waals surface area contributed by atoms with Crippen LogP contribution in [0.3, 0.4) is 0 Å². The molecule has 0 spiro atoms. The summed E-state index contributed by atoms with van der Waals surface area (Å²) in [5, 5.41) is 1.35. The first-order valence-electron chi connectivity index (χ1n) is 10.1. The zero-order chi connectivity index (χ0) is 22.7. The zero-order valence-corrected chi connectivity index (χ0v) is 18.9. The number of rotatable bonds is 6. The number of likely N-dealkylation sites (tertiary alicyclic amines) is 1. The van der Waals surface area contributed by atoms with E-state index in [4.69, 9.17) is 21.1 Å². The standard InChI is InChI=1S/C23H21ClF2N2O3S/c1-14-22(32-21(27-14)13-30-17-5-2-15(24)3-6-17)23(29)28-10-8-18(9-11-28)31-20-7-4-16(25)12-19(20)26/h2-7,12,18H,8-11,13H2,1H3. The van der Waals surface area contributed by atoms with E-state index < -0.39 is 11.6 Å². The van der Waals surface area contributed by atoms with Crippen LogP contribution in [0.1, 0.15) is 33.2 Å². The minimum Gasteiger partial charge on any atom is -0.487 e. The minimum atomic E-state index is -0.725. The van der Waals surface area contributed by atoms with Crippen LogP contribution in [0.4, 0.5) is 8.78 Å². The maximum absolute atomic E-state index is 13.8. The molecule has 3 aromatic rings. The number of nitrogens with zero attached hydrogens (tertiary/aromatic N) is 2. The summed E-state index contributed by atoms with van der Waals surface area (Å²) in [4.78, 5) is 19.8. The van der Waals surface area contributed by atoms with Crippen LogP contribution < -0.4 is 9.47 Å². The molecule has 2 heterocycles. The molecule has 1 saturated heterocycles. The van der Waals surface area contributed by atoms with Gasteiger partial charge in [-0.3, -0.25) is 4.79 Å². The molecule has 0 radical (unpaired) electrons. The molecule has 0 N–H and O–H groups in total. The highest BCUT2D eigenvalue weighted by Crippen LogP contribution is 2.26. The van der Waals surface area contributed by atoms with E-state index >= 15 is 0 Å². The number of carbonyl (C=O) groups is 1. The minimum absolute atomic E-state index is 0.0276. The first kappa shape index (κ1) is 22.5. The van der Waals surface area contributed by atoms with Gasteiger partial charge in [0.05, 0.1) is 5.69 Å². The molecule has 0 saturated carbocycles. The van der Waals surface area contributed by atoms with Crippen LogP contribution in [0.25, 0.3) is 0 Å². The molecule has 5 nitrogen and oxygen atoms in total. The van der Waals surface area contributed by atoms with Gasteiger partial charge in [-0.1, -0.05) is 11.6 Å². The average Bonchev–Trinajstić information content (AvgIpc) is 3.16. The Hall–Kier alpha value is -2.71. The zero-order valence-electron chi connectivity index (χ0n) is 17.3. The molecule has 4 rings (SSSR count). The maximum Gasteiger partial charge on any atom is 0.265 e. The normalized spacial score (nSPS) is 14.4. The number of aromatic nitrogens is 1. The van der Waals surface area contributed by atoms with E-state index in [9.17, 15) is 13.6 Å². The van der Waals surface area contributed by atoms with Gasteiger partial charge < -0.3 is 14.4 Å². The number of hydrogen-bond acceptors (Lipinski definition) is 5. The van der Waals surface area contributed by atoms with E-state index in [0.717, 1.165) is 12.1 Å². The molecule has 9 heteroatoms. The van der Waals surface area contributed by atoms with E-state index in [1.54, 1.807) is 29.2 Å². The highest BCUT2D eigenvalue weighted by atomic mass is 35.5. The van der Waals surface area contributed by atoms with Crippen LogP contribution in [-0.2, 0) is 6.61 Å². The van der Waals surface area contributed by atoms with Gasteiger partial charge in [0.1, 0.15) is 34.2 Å². The van der Waals surface area contributed by atoms with Crippen molar-refractivity contribution in [2.24, 2.45) is 0 Å². The quantitative estimate of drug-likeness (QED) is 0.459. The highest BCUT2D eigenvalue weighted by molar-refractivity contribution is 7.13. The van der Waals surface area contributed by atoms with Crippen LogP contribution in [0.15, 0.2) is 42.5 Å². The molecule has 0 atom stereocenters. The summed E-state index contributed by atoms with van der Waals surface area (Å²) < 4.78 is 38.3. The van der Waals surface area contributed by atoms with E-state index in [2.05, 4.69) is 4.98 Å². The first-order valence-corrected chi connectivity index (χ1v) is 11.3. The number of piperidine rings is 1. The van der Waals surface area contributed by atoms with Gasteiger partial charge in [-0.2, -0.15) is 0 Å². The molecule has 0 bridgehead atoms. The topological polar surface area (TPSA) is 51.7 Å². The molecule has 1 amide bonds. The summed E-state index contributed by atoms with van der Waals surface area (Å²) >= 11 is 7.20. The van der Waals surface area contributed by atoms with Gasteiger partial charge in [-0.15, -0.1) is 11.3 Å². The van der Waals surface area contributed by atoms with E-state index in [1.165, 1.54) is 17.4 Å². The second kappa shape index (κ2) is 9.83. The van der Waals surface area contributed by atoms with Gasteiger partial charge >= 0.3 is 0 Å². The van der Waals surface area contributed by atoms with Crippen molar-refractivity contribution in [3.8, 4) is 11.5 Å². The summed E-state index contributed by atoms with van der Waals surface area (Å²) in [6.45, 7) is 3.04. The second-order valence-corrected chi connectivity index (χ2v) is 8.97. The Morgan fingerprint density at radius 1 is 1.19 bits per heavy atom. The Kier molecular flexibility index (Phi) is 6.91. The third-order valence-corrected chi connectivity index (χ3v) is 6.50. The van der Waals surface area contributed by atoms with Gasteiger partial charge in [-0.05, 0) is 43.3 Å². The molecule has 32 heavy (non-hydrogen) atoms. The number of carbonyl (C=O) groups excluding carboxylic acids is 1. The van der Waals surface area contributed by atoms with Gasteiger partial charge in [-0.25, -0.2) is 13.8 Å². The fraction of sp³-hybridized carbons (Fsp3) is 0.304. The Labute approximate surface area is 193 Å². The monoisotopic (exact) mass is 478 g/mol. The van der Waals surface area contributed by atoms with Gasteiger partial charge in [0.25, 0.3) is 5.91 Å². The number of amides is 1. The third kappa shape index (κ3) is 5.37. The molecule has 0 unspecified atom stereocenters. The lowest BCUT2D eigenvalue weighted by Crippen LogP contribution is -2.41. The highest BCUT2D eigenvalue weighted by Gasteiger charge is 2.28. The Morgan fingerprint density at radius 3 is 2.59 bits per heavy atom. The molecule has 1 aliphatic rings. The number of thiazole rings is 1. The predicted molar refractivity (Wildman–Crippen MR) is 119 cm³/mol. The molecule has 2 aromatic carbocycles. The van der Waals surface area contributed by atoms with Crippen LogP contribution in [-0.4, -0.2) is 35.0 Å². The third-order valence-electron chi connectivity index (χ3n) is 5.13. The number of hydrogen-bond donors (Lipinski definition) is 0. The lowest BCUT2D eigenvalue weighted by molar-refractivity contribution is 0.0591. The van der Waals surface area contributed by atoms with Crippen LogP contribution in [0.2, 0.25) is 5.02 Å². The van der Waals surface area contributed by atoms with E-state index in [-0.39, 0.29) is 24.4 Å². The summed E-state index contributed by atoms with van der Waals surface area (Å²) in [5.41, 5.74) is 0.668. The average molecular weight is 479 g/mol. The molecule has 1 aliphatic heterocycles. The van der Waals surface area contributed by atoms with E-state index in [1.807, 2.05) is 6.92 Å². The van der Waals surface area contributed by atoms with Crippen molar-refractivity contribution in [2.45, 2.75) is 32.5 Å². The van der Waals surface area contributed by atoms with Gasteiger partial charge in [0.15, 0.2) is 11.6 Å². The fourth-order valence-corrected chi connectivity index (χ4v) is 4.53. The smallest absolute Gasteiger partial charge is 0.265 e. The summed E-state index contributed by atoms with van der Waals surface area (Å²) in [6, 6.07) is 10.3. The largest absolute Gasteiger partial charge is 0.487 e. The molecular formula is C23H21ClF2N2O3S. The van der Waals surface area contributed by atoms with Crippen LogP contribution >= 0.6 is 22.9 Å². The maximum atomic E-state index is 13.8. The fourth-order valence-electron chi connectivity index (χ4n) is 3.46. The molecule has 168 valence electrons. The summed E-state index contributed by atoms with van der Waals surface area (Å²) in [7, 11) is 0. The summed E-state index contributed by atoms with van der Waals surface area (Å²) in [5.74, 6) is -0.746. The van der Waals surface area contributed by atoms with Crippen molar-refractivity contribution in [2.75, 3.05) is 13.1 Å². The molecular weight excluding hydrogens is 458 g/mol. The SMILES string of the molecule is Cc1nc(COc2ccc(Cl)cc2)sc1C(=O)N1CCC(Oc2ccc(F)cc2F)CC1. The summed E-state index contributed by atoms with van der Waals surface area (Å²) in [6.07, 6.45) is 0.893. The van der Waals surface area contributed by atoms with Crippen molar-refractivity contribution in [1.82, 2.24) is 9.88 Å². The van der Waals surface area contributed by atoms with Crippen molar-refractivity contribution < 1.29 is 23.0 Å². The Bertz CT molecular complexity index is 1100. The molecule has 1 aromatic heterocycles. The van der Waals surface area contributed by atoms with Gasteiger partial charge in [0, 0.05) is 37.0 Å². The molecule has 1 fully saturated rings. The lowest BCUT2D eigenvalue weighted by Gasteiger charge is -2.32. The Morgan fingerprint density at radius 2 is 1.91 bits per heavy atom. The molecule has 0 aliphatic carbocycles. The number of ether oxygens (including phenoxy) is 2. The number of benzene rings is 2. The number of aryl methyl sites for hydroxylation is 1.